The second-order valence-electron chi connectivity index (χ2n) is 10.4. The second kappa shape index (κ2) is 11.5. The van der Waals surface area contributed by atoms with Crippen LogP contribution in [0.3, 0.4) is 0 Å². The third-order valence-corrected chi connectivity index (χ3v) is 7.01. The summed E-state index contributed by atoms with van der Waals surface area (Å²) in [5.41, 5.74) is 8.83. The number of benzodiazepines with no additional fused rings is 1. The minimum atomic E-state index is -1.12. The van der Waals surface area contributed by atoms with Crippen molar-refractivity contribution in [3.8, 4) is 0 Å². The first kappa shape index (κ1) is 26.3. The number of nitrogens with one attached hydrogen (secondary N) is 1. The summed E-state index contributed by atoms with van der Waals surface area (Å²) in [5, 5.41) is 2.91. The molecule has 37 heavy (non-hydrogen) atoms. The predicted molar refractivity (Wildman–Crippen MR) is 146 cm³/mol. The first-order valence-corrected chi connectivity index (χ1v) is 13.0. The molecule has 1 aliphatic carbocycles. The van der Waals surface area contributed by atoms with E-state index in [9.17, 15) is 14.4 Å². The van der Waals surface area contributed by atoms with Crippen LogP contribution >= 0.6 is 0 Å². The fourth-order valence-electron chi connectivity index (χ4n) is 4.96. The van der Waals surface area contributed by atoms with Gasteiger partial charge in [0.25, 0.3) is 5.91 Å². The number of hydrogen-bond acceptors (Lipinski definition) is 4. The summed E-state index contributed by atoms with van der Waals surface area (Å²) in [5.74, 6) is -2.05. The number of hydrogen-bond donors (Lipinski definition) is 2. The monoisotopic (exact) mass is 500 g/mol. The number of amides is 3. The van der Waals surface area contributed by atoms with E-state index in [1.54, 1.807) is 11.0 Å². The van der Waals surface area contributed by atoms with Crippen molar-refractivity contribution in [2.24, 2.45) is 34.4 Å². The van der Waals surface area contributed by atoms with E-state index in [0.29, 0.717) is 24.6 Å². The molecule has 194 valence electrons. The van der Waals surface area contributed by atoms with E-state index in [0.717, 1.165) is 29.7 Å². The van der Waals surface area contributed by atoms with E-state index in [2.05, 4.69) is 11.9 Å². The number of nitrogens with zero attached hydrogens (tertiary/aromatic N) is 2. The maximum atomic E-state index is 14.0. The lowest BCUT2D eigenvalue weighted by Gasteiger charge is -2.28. The fourth-order valence-corrected chi connectivity index (χ4v) is 4.96. The molecule has 2 aromatic rings. The summed E-state index contributed by atoms with van der Waals surface area (Å²) >= 11 is 0. The number of para-hydroxylation sites is 1. The number of anilines is 1. The van der Waals surface area contributed by atoms with E-state index in [1.165, 1.54) is 0 Å². The minimum Gasteiger partial charge on any atom is -0.369 e. The molecule has 4 rings (SSSR count). The van der Waals surface area contributed by atoms with Gasteiger partial charge in [-0.05, 0) is 43.6 Å². The van der Waals surface area contributed by atoms with Crippen LogP contribution in [-0.4, -0.2) is 36.1 Å². The summed E-state index contributed by atoms with van der Waals surface area (Å²) in [6.07, 6.45) is 3.38. The summed E-state index contributed by atoms with van der Waals surface area (Å²) in [7, 11) is 0. The Morgan fingerprint density at radius 2 is 1.78 bits per heavy atom. The molecule has 3 unspecified atom stereocenters. The van der Waals surface area contributed by atoms with Crippen LogP contribution in [0, 0.1) is 23.7 Å². The Morgan fingerprint density at radius 3 is 2.41 bits per heavy atom. The fraction of sp³-hybridized carbons (Fsp3) is 0.400. The molecule has 2 aromatic carbocycles. The zero-order valence-corrected chi connectivity index (χ0v) is 21.6. The predicted octanol–water partition coefficient (Wildman–Crippen LogP) is 4.06. The molecule has 2 aliphatic rings. The second-order valence-corrected chi connectivity index (χ2v) is 10.4. The van der Waals surface area contributed by atoms with Gasteiger partial charge in [-0.25, -0.2) is 4.99 Å². The maximum Gasteiger partial charge on any atom is 0.272 e. The Morgan fingerprint density at radius 1 is 1.11 bits per heavy atom. The number of carbonyl (C=O) groups excluding carboxylic acids is 3. The Balaban J connectivity index is 1.75. The van der Waals surface area contributed by atoms with E-state index < -0.39 is 29.8 Å². The molecule has 0 bridgehead atoms. The zero-order chi connectivity index (χ0) is 26.5. The highest BCUT2D eigenvalue weighted by Crippen LogP contribution is 2.35. The highest BCUT2D eigenvalue weighted by Gasteiger charge is 2.39. The maximum absolute atomic E-state index is 14.0. The van der Waals surface area contributed by atoms with Gasteiger partial charge >= 0.3 is 0 Å². The third kappa shape index (κ3) is 6.16. The average molecular weight is 501 g/mol. The molecule has 0 aromatic heterocycles. The van der Waals surface area contributed by atoms with Crippen LogP contribution in [0.2, 0.25) is 0 Å². The molecule has 0 saturated heterocycles. The summed E-state index contributed by atoms with van der Waals surface area (Å²) in [6.45, 7) is 8.29. The normalized spacial score (nSPS) is 18.9. The topological polar surface area (TPSA) is 105 Å². The van der Waals surface area contributed by atoms with Crippen molar-refractivity contribution in [3.63, 3.8) is 0 Å². The molecule has 3 atom stereocenters. The van der Waals surface area contributed by atoms with Gasteiger partial charge in [0.05, 0.1) is 23.2 Å². The van der Waals surface area contributed by atoms with Crippen molar-refractivity contribution < 1.29 is 14.4 Å². The lowest BCUT2D eigenvalue weighted by molar-refractivity contribution is -0.135. The number of rotatable bonds is 11. The first-order chi connectivity index (χ1) is 17.8. The number of fused-ring (bicyclic) bond motifs is 1. The molecule has 0 radical (unpaired) electrons. The van der Waals surface area contributed by atoms with Crippen LogP contribution in [0.4, 0.5) is 5.69 Å². The van der Waals surface area contributed by atoms with Gasteiger partial charge in [0.15, 0.2) is 0 Å². The molecule has 1 heterocycles. The lowest BCUT2D eigenvalue weighted by Crippen LogP contribution is -2.51. The Bertz CT molecular complexity index is 1190. The van der Waals surface area contributed by atoms with Crippen LogP contribution < -0.4 is 16.0 Å². The quantitative estimate of drug-likeness (QED) is 0.455. The number of benzene rings is 2. The number of aliphatic imine (C=N–C) groups is 1. The Hall–Kier alpha value is -3.74. The molecule has 7 nitrogen and oxygen atoms in total. The number of allylic oxidation sites excluding steroid dienone is 1. The highest BCUT2D eigenvalue weighted by atomic mass is 16.2. The van der Waals surface area contributed by atoms with Crippen molar-refractivity contribution in [2.45, 2.75) is 45.7 Å². The molecular weight excluding hydrogens is 464 g/mol. The van der Waals surface area contributed by atoms with E-state index in [4.69, 9.17) is 10.7 Å². The largest absolute Gasteiger partial charge is 0.369 e. The smallest absolute Gasteiger partial charge is 0.272 e. The summed E-state index contributed by atoms with van der Waals surface area (Å²) in [4.78, 5) is 46.6. The van der Waals surface area contributed by atoms with Crippen molar-refractivity contribution in [3.05, 3.63) is 78.4 Å². The number of primary amides is 1. The molecule has 1 fully saturated rings. The van der Waals surface area contributed by atoms with E-state index in [-0.39, 0.29) is 18.2 Å². The standard InChI is InChI=1S/C30H36N4O3/c1-4-10-22(27(31)35)24(17-19(2)3)29(36)33-28-30(37)34(18-20-15-16-20)25-14-9-8-13-23(25)26(32-28)21-11-6-5-7-12-21/h4-9,11-14,19-20,22,24,28H,1,10,15-18H2,2-3H3,(H2,31,35)(H,33,36). The van der Waals surface area contributed by atoms with Crippen molar-refractivity contribution >= 4 is 29.1 Å². The van der Waals surface area contributed by atoms with Crippen LogP contribution in [0.15, 0.2) is 72.2 Å². The van der Waals surface area contributed by atoms with Gasteiger partial charge < -0.3 is 16.0 Å². The van der Waals surface area contributed by atoms with Crippen molar-refractivity contribution in [1.29, 1.82) is 0 Å². The molecule has 3 N–H and O–H groups in total. The molecule has 3 amide bonds. The number of carbonyl (C=O) groups is 3. The van der Waals surface area contributed by atoms with Crippen LogP contribution in [0.1, 0.15) is 50.7 Å². The molecular formula is C30H36N4O3. The van der Waals surface area contributed by atoms with Crippen molar-refractivity contribution in [2.75, 3.05) is 11.4 Å². The SMILES string of the molecule is C=CCC(C(N)=O)C(CC(C)C)C(=O)NC1N=C(c2ccccc2)c2ccccc2N(CC2CC2)C1=O. The molecule has 1 aliphatic heterocycles. The van der Waals surface area contributed by atoms with Crippen molar-refractivity contribution in [1.82, 2.24) is 5.32 Å². The van der Waals surface area contributed by atoms with Gasteiger partial charge in [0.2, 0.25) is 18.0 Å². The third-order valence-electron chi connectivity index (χ3n) is 7.01. The minimum absolute atomic E-state index is 0.145. The molecule has 7 heteroatoms. The first-order valence-electron chi connectivity index (χ1n) is 13.0. The average Bonchev–Trinajstić information content (AvgIpc) is 3.72. The highest BCUT2D eigenvalue weighted by molar-refractivity contribution is 6.20. The van der Waals surface area contributed by atoms with Gasteiger partial charge in [0, 0.05) is 17.7 Å². The van der Waals surface area contributed by atoms with Gasteiger partial charge in [0.1, 0.15) is 0 Å². The Kier molecular flexibility index (Phi) is 8.21. The Labute approximate surface area is 218 Å². The zero-order valence-electron chi connectivity index (χ0n) is 21.6. The van der Waals surface area contributed by atoms with Crippen LogP contribution in [0.5, 0.6) is 0 Å². The summed E-state index contributed by atoms with van der Waals surface area (Å²) < 4.78 is 0. The van der Waals surface area contributed by atoms with Gasteiger partial charge in [-0.2, -0.15) is 0 Å². The molecule has 0 spiro atoms. The van der Waals surface area contributed by atoms with Gasteiger partial charge in [-0.15, -0.1) is 6.58 Å². The van der Waals surface area contributed by atoms with E-state index in [1.807, 2.05) is 68.4 Å². The van der Waals surface area contributed by atoms with Gasteiger partial charge in [-0.1, -0.05) is 68.5 Å². The van der Waals surface area contributed by atoms with Crippen LogP contribution in [0.25, 0.3) is 0 Å². The number of nitrogens with two attached hydrogens (primary N) is 1. The lowest BCUT2D eigenvalue weighted by atomic mass is 9.82. The van der Waals surface area contributed by atoms with Gasteiger partial charge in [-0.3, -0.25) is 14.4 Å². The summed E-state index contributed by atoms with van der Waals surface area (Å²) in [6, 6.07) is 17.4. The van der Waals surface area contributed by atoms with Crippen LogP contribution in [-0.2, 0) is 14.4 Å². The molecule has 1 saturated carbocycles. The van der Waals surface area contributed by atoms with E-state index >= 15 is 0 Å².